The summed E-state index contributed by atoms with van der Waals surface area (Å²) < 4.78 is 14.2. The van der Waals surface area contributed by atoms with Gasteiger partial charge in [-0.25, -0.2) is 4.39 Å². The summed E-state index contributed by atoms with van der Waals surface area (Å²) in [5.74, 6) is 0. The Hall–Kier alpha value is -0.120. The number of nitrogens with one attached hydrogen (secondary N) is 1. The van der Waals surface area contributed by atoms with Crippen LogP contribution in [-0.4, -0.2) is 12.7 Å². The number of hydrogen-bond donors (Lipinski definition) is 1. The van der Waals surface area contributed by atoms with E-state index in [0.29, 0.717) is 12.8 Å². The van der Waals surface area contributed by atoms with Crippen LogP contribution in [0.2, 0.25) is 0 Å². The normalized spacial score (nSPS) is 25.7. The minimum atomic E-state index is -0.648. The van der Waals surface area contributed by atoms with Gasteiger partial charge >= 0.3 is 0 Å². The molecule has 0 aliphatic carbocycles. The van der Waals surface area contributed by atoms with Crippen molar-refractivity contribution in [3.8, 4) is 0 Å². The van der Waals surface area contributed by atoms with Gasteiger partial charge in [0.05, 0.1) is 0 Å². The van der Waals surface area contributed by atoms with Gasteiger partial charge in [-0.1, -0.05) is 28.1 Å². The third kappa shape index (κ3) is 3.44. The van der Waals surface area contributed by atoms with Crippen LogP contribution in [0.15, 0.2) is 28.7 Å². The summed E-state index contributed by atoms with van der Waals surface area (Å²) in [6.07, 6.45) is 0.596. The summed E-state index contributed by atoms with van der Waals surface area (Å²) in [4.78, 5) is 0. The van der Waals surface area contributed by atoms with Crippen molar-refractivity contribution >= 4 is 28.3 Å². The molecule has 1 aliphatic heterocycles. The highest BCUT2D eigenvalue weighted by Gasteiger charge is 2.21. The first-order valence-corrected chi connectivity index (χ1v) is 5.68. The fourth-order valence-electron chi connectivity index (χ4n) is 1.82. The molecule has 2 rings (SSSR count). The highest BCUT2D eigenvalue weighted by atomic mass is 79.9. The lowest BCUT2D eigenvalue weighted by molar-refractivity contribution is 0.224. The van der Waals surface area contributed by atoms with E-state index in [0.717, 1.165) is 11.0 Å². The Bertz CT molecular complexity index is 304. The zero-order valence-electron chi connectivity index (χ0n) is 8.25. The van der Waals surface area contributed by atoms with E-state index >= 15 is 0 Å². The average Bonchev–Trinajstić information content (AvgIpc) is 2.19. The van der Waals surface area contributed by atoms with Crippen LogP contribution in [0.25, 0.3) is 0 Å². The van der Waals surface area contributed by atoms with E-state index in [1.54, 1.807) is 0 Å². The second-order valence-corrected chi connectivity index (χ2v) is 4.60. The molecule has 1 heterocycles. The second kappa shape index (κ2) is 5.83. The molecule has 0 radical (unpaired) electrons. The van der Waals surface area contributed by atoms with Gasteiger partial charge in [0.15, 0.2) is 0 Å². The molecule has 2 atom stereocenters. The Kier molecular flexibility index (Phi) is 5.03. The van der Waals surface area contributed by atoms with Crippen LogP contribution >= 0.6 is 28.3 Å². The topological polar surface area (TPSA) is 12.0 Å². The zero-order chi connectivity index (χ0) is 9.97. The van der Waals surface area contributed by atoms with Crippen LogP contribution in [0, 0.1) is 0 Å². The fraction of sp³-hybridized carbons (Fsp3) is 0.455. The first-order valence-electron chi connectivity index (χ1n) is 4.88. The van der Waals surface area contributed by atoms with E-state index in [9.17, 15) is 4.39 Å². The number of piperidine rings is 1. The van der Waals surface area contributed by atoms with Gasteiger partial charge in [-0.05, 0) is 37.1 Å². The molecule has 0 bridgehead atoms. The van der Waals surface area contributed by atoms with Gasteiger partial charge in [-0.3, -0.25) is 0 Å². The maximum absolute atomic E-state index is 13.1. The monoisotopic (exact) mass is 293 g/mol. The largest absolute Gasteiger partial charge is 0.310 e. The summed E-state index contributed by atoms with van der Waals surface area (Å²) in [7, 11) is 0. The van der Waals surface area contributed by atoms with E-state index < -0.39 is 6.17 Å². The molecule has 0 aromatic heterocycles. The lowest BCUT2D eigenvalue weighted by Crippen LogP contribution is -2.32. The minimum absolute atomic E-state index is 0. The Morgan fingerprint density at radius 1 is 1.27 bits per heavy atom. The lowest BCUT2D eigenvalue weighted by Gasteiger charge is -2.26. The van der Waals surface area contributed by atoms with Crippen molar-refractivity contribution in [2.24, 2.45) is 0 Å². The van der Waals surface area contributed by atoms with Crippen LogP contribution in [0.1, 0.15) is 24.4 Å². The van der Waals surface area contributed by atoms with Crippen molar-refractivity contribution in [3.63, 3.8) is 0 Å². The van der Waals surface area contributed by atoms with Crippen LogP contribution in [0.3, 0.4) is 0 Å². The molecule has 1 nitrogen and oxygen atoms in total. The molecule has 2 unspecified atom stereocenters. The van der Waals surface area contributed by atoms with Gasteiger partial charge in [-0.2, -0.15) is 0 Å². The molecular formula is C11H14BrClFN. The second-order valence-electron chi connectivity index (χ2n) is 3.68. The first-order chi connectivity index (χ1) is 6.75. The molecule has 0 saturated carbocycles. The zero-order valence-corrected chi connectivity index (χ0v) is 10.7. The molecule has 15 heavy (non-hydrogen) atoms. The van der Waals surface area contributed by atoms with Gasteiger partial charge in [0.25, 0.3) is 0 Å². The molecular weight excluding hydrogens is 280 g/mol. The maximum atomic E-state index is 13.1. The molecule has 1 aromatic rings. The molecule has 0 amide bonds. The SMILES string of the molecule is Cl.FC1CCNC(c2ccc(Br)cc2)C1. The third-order valence-corrected chi connectivity index (χ3v) is 3.14. The molecule has 1 N–H and O–H groups in total. The number of benzene rings is 1. The minimum Gasteiger partial charge on any atom is -0.310 e. The summed E-state index contributed by atoms with van der Waals surface area (Å²) in [5, 5.41) is 3.33. The highest BCUT2D eigenvalue weighted by Crippen LogP contribution is 2.25. The van der Waals surface area contributed by atoms with E-state index in [1.165, 1.54) is 5.56 Å². The van der Waals surface area contributed by atoms with Gasteiger partial charge < -0.3 is 5.32 Å². The van der Waals surface area contributed by atoms with Crippen LogP contribution in [-0.2, 0) is 0 Å². The molecule has 1 aromatic carbocycles. The maximum Gasteiger partial charge on any atom is 0.103 e. The van der Waals surface area contributed by atoms with E-state index in [2.05, 4.69) is 21.2 Å². The molecule has 1 aliphatic rings. The van der Waals surface area contributed by atoms with Crippen molar-refractivity contribution in [2.45, 2.75) is 25.1 Å². The third-order valence-electron chi connectivity index (χ3n) is 2.61. The Balaban J connectivity index is 0.00000112. The summed E-state index contributed by atoms with van der Waals surface area (Å²) in [6, 6.07) is 8.27. The van der Waals surface area contributed by atoms with Crippen molar-refractivity contribution in [2.75, 3.05) is 6.54 Å². The Labute approximate surface area is 104 Å². The predicted molar refractivity (Wildman–Crippen MR) is 66.3 cm³/mol. The van der Waals surface area contributed by atoms with E-state index in [-0.39, 0.29) is 18.4 Å². The smallest absolute Gasteiger partial charge is 0.103 e. The number of rotatable bonds is 1. The fourth-order valence-corrected chi connectivity index (χ4v) is 2.08. The first kappa shape index (κ1) is 12.9. The Morgan fingerprint density at radius 2 is 1.93 bits per heavy atom. The van der Waals surface area contributed by atoms with Crippen LogP contribution in [0.5, 0.6) is 0 Å². The highest BCUT2D eigenvalue weighted by molar-refractivity contribution is 9.10. The summed E-state index contributed by atoms with van der Waals surface area (Å²) in [5.41, 5.74) is 1.18. The van der Waals surface area contributed by atoms with Crippen molar-refractivity contribution in [1.82, 2.24) is 5.32 Å². The number of hydrogen-bond acceptors (Lipinski definition) is 1. The lowest BCUT2D eigenvalue weighted by atomic mass is 9.96. The van der Waals surface area contributed by atoms with Gasteiger partial charge in [0.1, 0.15) is 6.17 Å². The average molecular weight is 295 g/mol. The molecule has 4 heteroatoms. The van der Waals surface area contributed by atoms with Crippen molar-refractivity contribution < 1.29 is 4.39 Å². The molecule has 84 valence electrons. The quantitative estimate of drug-likeness (QED) is 0.834. The number of alkyl halides is 1. The van der Waals surface area contributed by atoms with Gasteiger partial charge in [-0.15, -0.1) is 12.4 Å². The van der Waals surface area contributed by atoms with Crippen molar-refractivity contribution in [3.05, 3.63) is 34.3 Å². The van der Waals surface area contributed by atoms with Crippen LogP contribution in [0.4, 0.5) is 4.39 Å². The molecule has 0 spiro atoms. The van der Waals surface area contributed by atoms with Crippen molar-refractivity contribution in [1.29, 1.82) is 0 Å². The van der Waals surface area contributed by atoms with Gasteiger partial charge in [0, 0.05) is 10.5 Å². The standard InChI is InChI=1S/C11H13BrFN.ClH/c12-9-3-1-8(2-4-9)11-7-10(13)5-6-14-11;/h1-4,10-11,14H,5-7H2;1H. The molecule has 1 fully saturated rings. The van der Waals surface area contributed by atoms with Gasteiger partial charge in [0.2, 0.25) is 0 Å². The summed E-state index contributed by atoms with van der Waals surface area (Å²) in [6.45, 7) is 0.780. The predicted octanol–water partition coefficient (Wildman–Crippen LogP) is 3.63. The van der Waals surface area contributed by atoms with E-state index in [1.807, 2.05) is 24.3 Å². The van der Waals surface area contributed by atoms with Crippen LogP contribution < -0.4 is 5.32 Å². The van der Waals surface area contributed by atoms with E-state index in [4.69, 9.17) is 0 Å². The summed E-state index contributed by atoms with van der Waals surface area (Å²) >= 11 is 3.39. The number of halogens is 3. The Morgan fingerprint density at radius 3 is 2.53 bits per heavy atom. The molecule has 1 saturated heterocycles.